The molecule has 3 N–H and O–H groups in total. The van der Waals surface area contributed by atoms with Crippen LogP contribution in [0.5, 0.6) is 11.5 Å². The molecule has 1 heterocycles. The Morgan fingerprint density at radius 2 is 1.64 bits per heavy atom. The summed E-state index contributed by atoms with van der Waals surface area (Å²) in [5.74, 6) is 0.248. The van der Waals surface area contributed by atoms with Gasteiger partial charge in [-0.15, -0.1) is 0 Å². The maximum Gasteiger partial charge on any atom is 0.419 e. The molecule has 0 aromatic heterocycles. The first-order valence-corrected chi connectivity index (χ1v) is 8.20. The molecule has 0 bridgehead atoms. The van der Waals surface area contributed by atoms with E-state index in [1.165, 1.54) is 20.3 Å². The quantitative estimate of drug-likeness (QED) is 0.400. The number of halogens is 4. The van der Waals surface area contributed by atoms with Crippen LogP contribution in [-0.4, -0.2) is 24.4 Å². The van der Waals surface area contributed by atoms with Crippen LogP contribution in [0.25, 0.3) is 22.0 Å². The Bertz CT molecular complexity index is 1130. The van der Waals surface area contributed by atoms with Crippen molar-refractivity contribution < 1.29 is 27.0 Å². The molecule has 0 amide bonds. The van der Waals surface area contributed by atoms with Crippen LogP contribution in [0.2, 0.25) is 0 Å². The lowest BCUT2D eigenvalue weighted by Gasteiger charge is -2.11. The molecule has 5 nitrogen and oxygen atoms in total. The summed E-state index contributed by atoms with van der Waals surface area (Å²) in [6.45, 7) is 0. The average Bonchev–Trinajstić information content (AvgIpc) is 3.20. The largest absolute Gasteiger partial charge is 0.493 e. The minimum Gasteiger partial charge on any atom is -0.493 e. The van der Waals surface area contributed by atoms with Gasteiger partial charge in [0.1, 0.15) is 11.6 Å². The van der Waals surface area contributed by atoms with Gasteiger partial charge in [-0.25, -0.2) is 4.39 Å². The second-order valence-corrected chi connectivity index (χ2v) is 6.17. The fourth-order valence-corrected chi connectivity index (χ4v) is 3.19. The number of rotatable bonds is 4. The molecule has 2 aliphatic rings. The van der Waals surface area contributed by atoms with Crippen LogP contribution in [0.15, 0.2) is 36.4 Å². The lowest BCUT2D eigenvalue weighted by molar-refractivity contribution is -0.139. The molecule has 2 aromatic carbocycles. The number of anilines is 2. The molecule has 1 aliphatic carbocycles. The molecule has 0 atom stereocenters. The predicted octanol–water partition coefficient (Wildman–Crippen LogP) is 5.52. The molecule has 9 heteroatoms. The number of aromatic nitrogens is 2. The van der Waals surface area contributed by atoms with Crippen molar-refractivity contribution in [3.8, 4) is 22.8 Å². The van der Waals surface area contributed by atoms with E-state index in [4.69, 9.17) is 9.47 Å². The number of hydrogen-bond acceptors (Lipinski definition) is 3. The van der Waals surface area contributed by atoms with Gasteiger partial charge in [0.05, 0.1) is 25.5 Å². The minimum atomic E-state index is -4.78. The maximum absolute atomic E-state index is 13.5. The zero-order valence-corrected chi connectivity index (χ0v) is 14.8. The third-order valence-corrected chi connectivity index (χ3v) is 4.52. The highest BCUT2D eigenvalue weighted by Crippen LogP contribution is 2.43. The summed E-state index contributed by atoms with van der Waals surface area (Å²) in [6, 6.07) is 8.24. The smallest absolute Gasteiger partial charge is 0.419 e. The van der Waals surface area contributed by atoms with E-state index in [9.17, 15) is 17.6 Å². The first-order valence-electron chi connectivity index (χ1n) is 8.20. The number of alkyl halides is 3. The van der Waals surface area contributed by atoms with Gasteiger partial charge >= 0.3 is 6.18 Å². The van der Waals surface area contributed by atoms with Crippen LogP contribution in [-0.2, 0) is 6.18 Å². The van der Waals surface area contributed by atoms with Gasteiger partial charge in [-0.1, -0.05) is 0 Å². The van der Waals surface area contributed by atoms with Crippen molar-refractivity contribution in [3.63, 3.8) is 0 Å². The Morgan fingerprint density at radius 3 is 2.32 bits per heavy atom. The fourth-order valence-electron chi connectivity index (χ4n) is 3.19. The Morgan fingerprint density at radius 1 is 0.929 bits per heavy atom. The topological polar surface area (TPSA) is 62.1 Å². The number of ether oxygens (including phenoxy) is 2. The molecule has 0 unspecified atom stereocenters. The van der Waals surface area contributed by atoms with E-state index in [1.807, 2.05) is 18.2 Å². The van der Waals surface area contributed by atoms with Gasteiger partial charge < -0.3 is 14.8 Å². The molecule has 0 radical (unpaired) electrons. The van der Waals surface area contributed by atoms with Gasteiger partial charge in [0.2, 0.25) is 0 Å². The number of fused-ring (bicyclic) bond motifs is 3. The second kappa shape index (κ2) is 6.36. The number of methoxy groups -OCH3 is 2. The van der Waals surface area contributed by atoms with Crippen LogP contribution in [0.4, 0.5) is 29.1 Å². The number of hydrogen-bond donors (Lipinski definition) is 3. The van der Waals surface area contributed by atoms with Gasteiger partial charge in [-0.05, 0) is 41.8 Å². The van der Waals surface area contributed by atoms with Crippen molar-refractivity contribution in [1.82, 2.24) is 10.2 Å². The van der Waals surface area contributed by atoms with Crippen molar-refractivity contribution in [2.75, 3.05) is 19.5 Å². The highest BCUT2D eigenvalue weighted by Gasteiger charge is 2.34. The Kier molecular flexibility index (Phi) is 4.10. The summed E-state index contributed by atoms with van der Waals surface area (Å²) >= 11 is 0. The summed E-state index contributed by atoms with van der Waals surface area (Å²) in [6.07, 6.45) is -4.78. The van der Waals surface area contributed by atoms with Gasteiger partial charge in [-0.3, -0.25) is 10.2 Å². The third-order valence-electron chi connectivity index (χ3n) is 4.52. The van der Waals surface area contributed by atoms with E-state index in [0.717, 1.165) is 34.2 Å². The van der Waals surface area contributed by atoms with Crippen LogP contribution in [0.1, 0.15) is 5.56 Å². The fraction of sp³-hybridized carbons (Fsp3) is 0.158. The lowest BCUT2D eigenvalue weighted by Crippen LogP contribution is -2.08. The monoisotopic (exact) mass is 393 g/mol. The van der Waals surface area contributed by atoms with Crippen LogP contribution in [0, 0.1) is 5.82 Å². The molecule has 0 saturated carbocycles. The van der Waals surface area contributed by atoms with Crippen LogP contribution >= 0.6 is 0 Å². The van der Waals surface area contributed by atoms with Crippen molar-refractivity contribution in [3.05, 3.63) is 47.8 Å². The Balaban J connectivity index is 1.75. The molecular weight excluding hydrogens is 378 g/mol. The Labute approximate surface area is 156 Å². The number of aromatic amines is 2. The number of H-pyrrole nitrogens is 2. The van der Waals surface area contributed by atoms with Crippen molar-refractivity contribution >= 4 is 22.3 Å². The molecule has 0 saturated heterocycles. The van der Waals surface area contributed by atoms with Crippen LogP contribution < -0.4 is 14.8 Å². The van der Waals surface area contributed by atoms with Gasteiger partial charge in [0.15, 0.2) is 11.5 Å². The number of nitrogens with one attached hydrogen (secondary N) is 3. The van der Waals surface area contributed by atoms with E-state index < -0.39 is 17.6 Å². The summed E-state index contributed by atoms with van der Waals surface area (Å²) in [7, 11) is 3.07. The second-order valence-electron chi connectivity index (χ2n) is 6.17. The molecule has 146 valence electrons. The Hall–Kier alpha value is -3.36. The lowest BCUT2D eigenvalue weighted by atomic mass is 10.1. The normalized spacial score (nSPS) is 11.9. The van der Waals surface area contributed by atoms with Gasteiger partial charge in [0.25, 0.3) is 0 Å². The van der Waals surface area contributed by atoms with Gasteiger partial charge in [-0.2, -0.15) is 13.2 Å². The summed E-state index contributed by atoms with van der Waals surface area (Å²) < 4.78 is 62.9. The van der Waals surface area contributed by atoms with E-state index in [2.05, 4.69) is 15.5 Å². The predicted molar refractivity (Wildman–Crippen MR) is 97.1 cm³/mol. The third kappa shape index (κ3) is 2.88. The summed E-state index contributed by atoms with van der Waals surface area (Å²) in [4.78, 5) is 0. The van der Waals surface area contributed by atoms with Gasteiger partial charge in [0, 0.05) is 16.6 Å². The molecule has 0 spiro atoms. The van der Waals surface area contributed by atoms with Crippen LogP contribution in [0.3, 0.4) is 0 Å². The van der Waals surface area contributed by atoms with E-state index in [1.54, 1.807) is 0 Å². The summed E-state index contributed by atoms with van der Waals surface area (Å²) in [5.41, 5.74) is 0.248. The zero-order valence-electron chi connectivity index (χ0n) is 14.8. The van der Waals surface area contributed by atoms with Crippen molar-refractivity contribution in [2.45, 2.75) is 6.18 Å². The van der Waals surface area contributed by atoms with E-state index in [0.29, 0.717) is 17.3 Å². The first-order chi connectivity index (χ1) is 13.3. The average molecular weight is 393 g/mol. The maximum atomic E-state index is 13.5. The summed E-state index contributed by atoms with van der Waals surface area (Å²) in [5, 5.41) is 10.5. The highest BCUT2D eigenvalue weighted by molar-refractivity contribution is 6.05. The number of benzene rings is 2. The molecule has 28 heavy (non-hydrogen) atoms. The van der Waals surface area contributed by atoms with E-state index >= 15 is 0 Å². The molecule has 0 fully saturated rings. The van der Waals surface area contributed by atoms with Crippen molar-refractivity contribution in [1.29, 1.82) is 0 Å². The standard InChI is InChI=1S/C19H15F4N3O2/c1-27-15-6-9-5-12-17(11(9)8-16(15)28-2)25-26-18(12)24-10-3-4-14(20)13(7-10)19(21,22)23/h3-8,24-26H,1-2H3. The first kappa shape index (κ1) is 18.0. The molecule has 2 aromatic rings. The minimum absolute atomic E-state index is 0.103. The SMILES string of the molecule is COc1cc2cc3c(Nc4ccc(F)c(C(F)(F)F)c4)[nH][nH]c-3c2cc1OC. The zero-order chi connectivity index (χ0) is 20.1. The molecule has 4 rings (SSSR count). The van der Waals surface area contributed by atoms with E-state index in [-0.39, 0.29) is 5.69 Å². The van der Waals surface area contributed by atoms with Crippen molar-refractivity contribution in [2.24, 2.45) is 0 Å². The highest BCUT2D eigenvalue weighted by atomic mass is 19.4. The molecule has 1 aliphatic heterocycles. The molecular formula is C19H15F4N3O2.